The number of piperazine rings is 1. The predicted molar refractivity (Wildman–Crippen MR) is 138 cm³/mol. The maximum Gasteiger partial charge on any atom is 0.471 e. The van der Waals surface area contributed by atoms with Crippen molar-refractivity contribution in [2.75, 3.05) is 37.3 Å². The number of carbonyl (C=O) groups is 1. The van der Waals surface area contributed by atoms with Gasteiger partial charge in [-0.3, -0.25) is 8.98 Å². The number of benzene rings is 1. The van der Waals surface area contributed by atoms with Crippen molar-refractivity contribution >= 4 is 45.0 Å². The van der Waals surface area contributed by atoms with Gasteiger partial charge in [-0.25, -0.2) is 9.97 Å². The van der Waals surface area contributed by atoms with E-state index >= 15 is 0 Å². The molecule has 1 amide bonds. The van der Waals surface area contributed by atoms with E-state index in [-0.39, 0.29) is 38.7 Å². The first-order chi connectivity index (χ1) is 18.3. The number of anilines is 1. The van der Waals surface area contributed by atoms with Crippen LogP contribution in [0.5, 0.6) is 11.6 Å². The first-order valence-electron chi connectivity index (χ1n) is 11.3. The van der Waals surface area contributed by atoms with Gasteiger partial charge in [-0.05, 0) is 42.0 Å². The molecule has 1 fully saturated rings. The third-order valence-corrected chi connectivity index (χ3v) is 6.52. The van der Waals surface area contributed by atoms with Gasteiger partial charge in [-0.1, -0.05) is 23.2 Å². The van der Waals surface area contributed by atoms with Gasteiger partial charge >= 0.3 is 12.1 Å². The molecule has 0 saturated carbocycles. The van der Waals surface area contributed by atoms with E-state index in [9.17, 15) is 26.4 Å². The number of hydrogen-bond donors (Lipinski definition) is 0. The fraction of sp³-hybridized carbons (Fsp3) is 0.292. The molecule has 0 bridgehead atoms. The second kappa shape index (κ2) is 11.5. The monoisotopic (exact) mass is 604 g/mol. The quantitative estimate of drug-likeness (QED) is 0.350. The number of pyridine rings is 2. The fourth-order valence-corrected chi connectivity index (χ4v) is 4.65. The standard InChI is InChI=1S/C24H21Cl2F3N4O5S/c1-39(35,36)37-14-15-8-20(16-10-17(25)12-18(26)11-16)31-22(9-15)38-19-2-3-21(30-13-19)32-4-6-33(7-5-32)23(34)24(27,28)29/h2-3,8-13H,4-7,14H2,1H3. The molecule has 3 heterocycles. The lowest BCUT2D eigenvalue weighted by Gasteiger charge is -2.35. The zero-order valence-electron chi connectivity index (χ0n) is 20.3. The van der Waals surface area contributed by atoms with Gasteiger partial charge in [0.25, 0.3) is 10.1 Å². The number of ether oxygens (including phenoxy) is 1. The Balaban J connectivity index is 1.51. The van der Waals surface area contributed by atoms with Gasteiger partial charge in [0, 0.05) is 47.9 Å². The highest BCUT2D eigenvalue weighted by Gasteiger charge is 2.43. The lowest BCUT2D eigenvalue weighted by atomic mass is 10.1. The van der Waals surface area contributed by atoms with Gasteiger partial charge in [0.1, 0.15) is 11.6 Å². The molecule has 1 saturated heterocycles. The number of hydrogen-bond acceptors (Lipinski definition) is 8. The van der Waals surface area contributed by atoms with Crippen molar-refractivity contribution in [1.82, 2.24) is 14.9 Å². The third kappa shape index (κ3) is 7.94. The molecule has 0 unspecified atom stereocenters. The molecule has 39 heavy (non-hydrogen) atoms. The van der Waals surface area contributed by atoms with Crippen LogP contribution in [0.3, 0.4) is 0 Å². The Kier molecular flexibility index (Phi) is 8.54. The summed E-state index contributed by atoms with van der Waals surface area (Å²) in [5.41, 5.74) is 1.42. The van der Waals surface area contributed by atoms with E-state index in [1.165, 1.54) is 12.3 Å². The van der Waals surface area contributed by atoms with Crippen LogP contribution in [0.2, 0.25) is 10.0 Å². The van der Waals surface area contributed by atoms with Crippen molar-refractivity contribution in [3.63, 3.8) is 0 Å². The van der Waals surface area contributed by atoms with E-state index in [2.05, 4.69) is 9.97 Å². The number of aromatic nitrogens is 2. The molecule has 1 aromatic carbocycles. The molecule has 15 heteroatoms. The summed E-state index contributed by atoms with van der Waals surface area (Å²) in [7, 11) is -3.71. The van der Waals surface area contributed by atoms with Gasteiger partial charge in [0.2, 0.25) is 5.88 Å². The van der Waals surface area contributed by atoms with Crippen LogP contribution in [0.1, 0.15) is 5.56 Å². The van der Waals surface area contributed by atoms with Crippen LogP contribution in [0.25, 0.3) is 11.3 Å². The van der Waals surface area contributed by atoms with E-state index in [0.717, 1.165) is 11.2 Å². The summed E-state index contributed by atoms with van der Waals surface area (Å²) in [4.78, 5) is 22.8. The van der Waals surface area contributed by atoms with E-state index < -0.39 is 22.2 Å². The van der Waals surface area contributed by atoms with Gasteiger partial charge in [0.05, 0.1) is 24.8 Å². The minimum Gasteiger partial charge on any atom is -0.437 e. The average molecular weight is 605 g/mol. The Morgan fingerprint density at radius 1 is 1.03 bits per heavy atom. The van der Waals surface area contributed by atoms with Gasteiger partial charge in [-0.2, -0.15) is 21.6 Å². The molecule has 0 atom stereocenters. The van der Waals surface area contributed by atoms with E-state index in [1.54, 1.807) is 41.3 Å². The van der Waals surface area contributed by atoms with Gasteiger partial charge < -0.3 is 14.5 Å². The summed E-state index contributed by atoms with van der Waals surface area (Å²) in [6, 6.07) is 11.2. The van der Waals surface area contributed by atoms with Crippen molar-refractivity contribution in [2.24, 2.45) is 0 Å². The number of rotatable bonds is 7. The van der Waals surface area contributed by atoms with Crippen LogP contribution in [-0.4, -0.2) is 67.8 Å². The van der Waals surface area contributed by atoms with Crippen molar-refractivity contribution in [3.8, 4) is 22.9 Å². The second-order valence-electron chi connectivity index (χ2n) is 8.55. The topological polar surface area (TPSA) is 102 Å². The number of halogens is 5. The number of nitrogens with zero attached hydrogens (tertiary/aromatic N) is 4. The Bertz CT molecular complexity index is 1450. The highest BCUT2D eigenvalue weighted by Crippen LogP contribution is 2.30. The second-order valence-corrected chi connectivity index (χ2v) is 11.1. The number of carbonyl (C=O) groups excluding carboxylic acids is 1. The maximum absolute atomic E-state index is 12.7. The number of amides is 1. The molecule has 0 radical (unpaired) electrons. The van der Waals surface area contributed by atoms with E-state index in [1.807, 2.05) is 0 Å². The SMILES string of the molecule is CS(=O)(=O)OCc1cc(Oc2ccc(N3CCN(C(=O)C(F)(F)F)CC3)nc2)nc(-c2cc(Cl)cc(Cl)c2)c1. The molecule has 1 aliphatic rings. The molecule has 0 aliphatic carbocycles. The van der Waals surface area contributed by atoms with Crippen LogP contribution in [0, 0.1) is 0 Å². The van der Waals surface area contributed by atoms with Crippen LogP contribution < -0.4 is 9.64 Å². The Hall–Kier alpha value is -3.13. The minimum atomic E-state index is -4.90. The highest BCUT2D eigenvalue weighted by molar-refractivity contribution is 7.85. The lowest BCUT2D eigenvalue weighted by Crippen LogP contribution is -2.52. The molecule has 208 valence electrons. The van der Waals surface area contributed by atoms with E-state index in [0.29, 0.717) is 38.4 Å². The van der Waals surface area contributed by atoms with Crippen molar-refractivity contribution in [1.29, 1.82) is 0 Å². The molecular formula is C24H21Cl2F3N4O5S. The first-order valence-corrected chi connectivity index (χ1v) is 13.9. The zero-order chi connectivity index (χ0) is 28.4. The van der Waals surface area contributed by atoms with Crippen LogP contribution in [0.4, 0.5) is 19.0 Å². The first kappa shape index (κ1) is 28.9. The summed E-state index contributed by atoms with van der Waals surface area (Å²) in [6.45, 7) is -0.0598. The van der Waals surface area contributed by atoms with Crippen LogP contribution >= 0.6 is 23.2 Å². The summed E-state index contributed by atoms with van der Waals surface area (Å²) >= 11 is 12.2. The van der Waals surface area contributed by atoms with Gasteiger partial charge in [-0.15, -0.1) is 0 Å². The molecule has 2 aromatic heterocycles. The van der Waals surface area contributed by atoms with Crippen molar-refractivity contribution < 1.29 is 35.3 Å². The summed E-state index contributed by atoms with van der Waals surface area (Å²) < 4.78 is 71.8. The minimum absolute atomic E-state index is 0.0825. The summed E-state index contributed by atoms with van der Waals surface area (Å²) in [6.07, 6.45) is -2.55. The predicted octanol–water partition coefficient (Wildman–Crippen LogP) is 4.93. The van der Waals surface area contributed by atoms with Crippen LogP contribution in [0.15, 0.2) is 48.7 Å². The Morgan fingerprint density at radius 2 is 1.69 bits per heavy atom. The fourth-order valence-electron chi connectivity index (χ4n) is 3.78. The molecule has 1 aliphatic heterocycles. The zero-order valence-corrected chi connectivity index (χ0v) is 22.6. The Labute approximate surface area is 232 Å². The maximum atomic E-state index is 12.7. The Morgan fingerprint density at radius 3 is 2.26 bits per heavy atom. The van der Waals surface area contributed by atoms with Crippen molar-refractivity contribution in [2.45, 2.75) is 12.8 Å². The molecule has 3 aromatic rings. The average Bonchev–Trinajstić information content (AvgIpc) is 2.86. The van der Waals surface area contributed by atoms with Crippen LogP contribution in [-0.2, 0) is 25.7 Å². The molecule has 9 nitrogen and oxygen atoms in total. The normalized spacial score (nSPS) is 14.4. The van der Waals surface area contributed by atoms with E-state index in [4.69, 9.17) is 32.1 Å². The number of alkyl halides is 3. The smallest absolute Gasteiger partial charge is 0.437 e. The largest absolute Gasteiger partial charge is 0.471 e. The third-order valence-electron chi connectivity index (χ3n) is 5.54. The molecular weight excluding hydrogens is 584 g/mol. The highest BCUT2D eigenvalue weighted by atomic mass is 35.5. The molecule has 0 spiro atoms. The molecule has 0 N–H and O–H groups in total. The van der Waals surface area contributed by atoms with Crippen molar-refractivity contribution in [3.05, 3.63) is 64.3 Å². The van der Waals surface area contributed by atoms with Gasteiger partial charge in [0.15, 0.2) is 0 Å². The lowest BCUT2D eigenvalue weighted by molar-refractivity contribution is -0.185. The summed E-state index contributed by atoms with van der Waals surface area (Å²) in [5, 5.41) is 0.755. The summed E-state index contributed by atoms with van der Waals surface area (Å²) in [5.74, 6) is -0.938. The molecule has 4 rings (SSSR count).